The molecule has 2 rings (SSSR count). The highest BCUT2D eigenvalue weighted by atomic mass is 16.5. The van der Waals surface area contributed by atoms with E-state index in [0.29, 0.717) is 11.3 Å². The van der Waals surface area contributed by atoms with E-state index in [0.717, 1.165) is 0 Å². The van der Waals surface area contributed by atoms with Gasteiger partial charge in [-0.25, -0.2) is 19.6 Å². The summed E-state index contributed by atoms with van der Waals surface area (Å²) in [4.78, 5) is 32.6. The monoisotopic (exact) mass is 350 g/mol. The van der Waals surface area contributed by atoms with E-state index in [2.05, 4.69) is 20.6 Å². The van der Waals surface area contributed by atoms with E-state index >= 15 is 0 Å². The second kappa shape index (κ2) is 7.82. The van der Waals surface area contributed by atoms with Crippen molar-refractivity contribution in [1.29, 1.82) is 0 Å². The lowest BCUT2D eigenvalue weighted by atomic mass is 9.96. The minimum atomic E-state index is -0.862. The fourth-order valence-electron chi connectivity index (χ4n) is 2.44. The summed E-state index contributed by atoms with van der Waals surface area (Å²) in [6.07, 6.45) is 1.28. The molecule has 9 nitrogen and oxygen atoms in total. The number of nitrogens with one attached hydrogen (secondary N) is 2. The number of ether oxygens (including phenoxy) is 3. The Kier molecular flexibility index (Phi) is 5.79. The molecule has 0 saturated carbocycles. The fraction of sp³-hybridized carbons (Fsp3) is 0.500. The molecule has 1 unspecified atom stereocenters. The number of hydrogen-bond acceptors (Lipinski definition) is 7. The molecule has 1 aliphatic rings. The third kappa shape index (κ3) is 3.98. The van der Waals surface area contributed by atoms with Crippen molar-refractivity contribution < 1.29 is 23.8 Å². The van der Waals surface area contributed by atoms with Crippen molar-refractivity contribution in [2.24, 2.45) is 5.92 Å². The van der Waals surface area contributed by atoms with Crippen LogP contribution >= 0.6 is 0 Å². The van der Waals surface area contributed by atoms with Gasteiger partial charge in [0.1, 0.15) is 17.9 Å². The molecule has 0 aromatic carbocycles. The van der Waals surface area contributed by atoms with Crippen LogP contribution < -0.4 is 20.1 Å². The molecule has 25 heavy (non-hydrogen) atoms. The van der Waals surface area contributed by atoms with Crippen LogP contribution in [-0.4, -0.2) is 42.8 Å². The Bertz CT molecular complexity index is 680. The highest BCUT2D eigenvalue weighted by molar-refractivity contribution is 5.95. The summed E-state index contributed by atoms with van der Waals surface area (Å²) in [6.45, 7) is 5.75. The zero-order valence-electron chi connectivity index (χ0n) is 14.9. The summed E-state index contributed by atoms with van der Waals surface area (Å²) in [7, 11) is 2.86. The van der Waals surface area contributed by atoms with E-state index in [1.54, 1.807) is 6.92 Å². The van der Waals surface area contributed by atoms with E-state index in [-0.39, 0.29) is 29.9 Å². The molecule has 0 bridgehead atoms. The Hall–Kier alpha value is -2.84. The average Bonchev–Trinajstić information content (AvgIpc) is 2.58. The van der Waals surface area contributed by atoms with Gasteiger partial charge in [0, 0.05) is 5.70 Å². The SMILES string of the molecule is COc1ncnc(OC)c1C1NC(=O)NC(C)=C1C(=O)OCC(C)C. The molecule has 1 aromatic heterocycles. The van der Waals surface area contributed by atoms with Crippen LogP contribution in [0, 0.1) is 5.92 Å². The predicted molar refractivity (Wildman–Crippen MR) is 88.0 cm³/mol. The number of aromatic nitrogens is 2. The molecule has 2 heterocycles. The normalized spacial score (nSPS) is 17.0. The molecule has 1 atom stereocenters. The first-order valence-electron chi connectivity index (χ1n) is 7.77. The molecule has 2 N–H and O–H groups in total. The molecular weight excluding hydrogens is 328 g/mol. The number of allylic oxidation sites excluding steroid dienone is 1. The first-order valence-corrected chi connectivity index (χ1v) is 7.77. The van der Waals surface area contributed by atoms with Gasteiger partial charge in [0.05, 0.1) is 26.4 Å². The summed E-state index contributed by atoms with van der Waals surface area (Å²) in [5.41, 5.74) is 0.973. The quantitative estimate of drug-likeness (QED) is 0.744. The number of urea groups is 1. The Morgan fingerprint density at radius 3 is 2.36 bits per heavy atom. The van der Waals surface area contributed by atoms with Crippen molar-refractivity contribution in [3.63, 3.8) is 0 Å². The van der Waals surface area contributed by atoms with Crippen molar-refractivity contribution in [2.75, 3.05) is 20.8 Å². The summed E-state index contributed by atoms with van der Waals surface area (Å²) < 4.78 is 15.9. The average molecular weight is 350 g/mol. The number of esters is 1. The lowest BCUT2D eigenvalue weighted by Gasteiger charge is -2.29. The molecule has 0 aliphatic carbocycles. The smallest absolute Gasteiger partial charge is 0.338 e. The lowest BCUT2D eigenvalue weighted by Crippen LogP contribution is -2.45. The van der Waals surface area contributed by atoms with Gasteiger partial charge in [0.2, 0.25) is 11.8 Å². The van der Waals surface area contributed by atoms with Crippen LogP contribution in [0.15, 0.2) is 17.6 Å². The Morgan fingerprint density at radius 2 is 1.84 bits per heavy atom. The van der Waals surface area contributed by atoms with Crippen LogP contribution in [-0.2, 0) is 9.53 Å². The van der Waals surface area contributed by atoms with Gasteiger partial charge in [-0.15, -0.1) is 0 Å². The fourth-order valence-corrected chi connectivity index (χ4v) is 2.44. The zero-order chi connectivity index (χ0) is 18.6. The van der Waals surface area contributed by atoms with Crippen LogP contribution in [0.1, 0.15) is 32.4 Å². The molecule has 0 spiro atoms. The van der Waals surface area contributed by atoms with Crippen molar-refractivity contribution >= 4 is 12.0 Å². The summed E-state index contributed by atoms with van der Waals surface area (Å²) >= 11 is 0. The van der Waals surface area contributed by atoms with Crippen molar-refractivity contribution in [3.05, 3.63) is 23.2 Å². The largest absolute Gasteiger partial charge is 0.481 e. The van der Waals surface area contributed by atoms with Crippen molar-refractivity contribution in [1.82, 2.24) is 20.6 Å². The third-order valence-electron chi connectivity index (χ3n) is 3.52. The number of nitrogens with zero attached hydrogens (tertiary/aromatic N) is 2. The van der Waals surface area contributed by atoms with E-state index in [4.69, 9.17) is 14.2 Å². The topological polar surface area (TPSA) is 112 Å². The van der Waals surface area contributed by atoms with Gasteiger partial charge in [0.25, 0.3) is 0 Å². The van der Waals surface area contributed by atoms with E-state index in [9.17, 15) is 9.59 Å². The maximum Gasteiger partial charge on any atom is 0.338 e. The molecule has 9 heteroatoms. The lowest BCUT2D eigenvalue weighted by molar-refractivity contribution is -0.140. The van der Waals surface area contributed by atoms with Crippen LogP contribution in [0.2, 0.25) is 0 Å². The summed E-state index contributed by atoms with van der Waals surface area (Å²) in [5, 5.41) is 5.26. The summed E-state index contributed by atoms with van der Waals surface area (Å²) in [6, 6.07) is -1.32. The van der Waals surface area contributed by atoms with Gasteiger partial charge in [0.15, 0.2) is 0 Å². The molecule has 0 fully saturated rings. The molecule has 2 amide bonds. The minimum absolute atomic E-state index is 0.179. The van der Waals surface area contributed by atoms with E-state index < -0.39 is 18.0 Å². The number of carbonyl (C=O) groups excluding carboxylic acids is 2. The predicted octanol–water partition coefficient (Wildman–Crippen LogP) is 1.32. The van der Waals surface area contributed by atoms with Gasteiger partial charge >= 0.3 is 12.0 Å². The summed E-state index contributed by atoms with van der Waals surface area (Å²) in [5.74, 6) is 0.0252. The second-order valence-electron chi connectivity index (χ2n) is 5.87. The number of amides is 2. The highest BCUT2D eigenvalue weighted by Crippen LogP contribution is 2.37. The zero-order valence-corrected chi connectivity index (χ0v) is 14.9. The highest BCUT2D eigenvalue weighted by Gasteiger charge is 2.37. The molecule has 1 aliphatic heterocycles. The van der Waals surface area contributed by atoms with Gasteiger partial charge in [-0.05, 0) is 12.8 Å². The number of rotatable bonds is 6. The van der Waals surface area contributed by atoms with Crippen LogP contribution in [0.3, 0.4) is 0 Å². The number of carbonyl (C=O) groups is 2. The van der Waals surface area contributed by atoms with Gasteiger partial charge in [-0.1, -0.05) is 13.8 Å². The maximum absolute atomic E-state index is 12.6. The Morgan fingerprint density at radius 1 is 1.24 bits per heavy atom. The molecule has 1 aromatic rings. The molecule has 0 saturated heterocycles. The number of methoxy groups -OCH3 is 2. The van der Waals surface area contributed by atoms with Crippen LogP contribution in [0.25, 0.3) is 0 Å². The van der Waals surface area contributed by atoms with Crippen molar-refractivity contribution in [2.45, 2.75) is 26.8 Å². The first-order chi connectivity index (χ1) is 11.9. The maximum atomic E-state index is 12.6. The third-order valence-corrected chi connectivity index (χ3v) is 3.52. The second-order valence-corrected chi connectivity index (χ2v) is 5.87. The minimum Gasteiger partial charge on any atom is -0.481 e. The van der Waals surface area contributed by atoms with Crippen LogP contribution in [0.4, 0.5) is 4.79 Å². The van der Waals surface area contributed by atoms with Crippen molar-refractivity contribution in [3.8, 4) is 11.8 Å². The molecule has 136 valence electrons. The Balaban J connectivity index is 2.52. The first kappa shape index (κ1) is 18.5. The van der Waals surface area contributed by atoms with Crippen LogP contribution in [0.5, 0.6) is 11.8 Å². The standard InChI is InChI=1S/C16H22N4O5/c1-8(2)6-25-15(21)10-9(3)19-16(22)20-12(10)11-13(23-4)17-7-18-14(11)24-5/h7-8,12H,6H2,1-5H3,(H2,19,20,22). The Labute approximate surface area is 145 Å². The number of hydrogen-bond donors (Lipinski definition) is 2. The van der Waals surface area contributed by atoms with Gasteiger partial charge < -0.3 is 24.8 Å². The molecule has 0 radical (unpaired) electrons. The molecular formula is C16H22N4O5. The van der Waals surface area contributed by atoms with E-state index in [1.165, 1.54) is 20.5 Å². The van der Waals surface area contributed by atoms with Gasteiger partial charge in [-0.2, -0.15) is 0 Å². The van der Waals surface area contributed by atoms with Gasteiger partial charge in [-0.3, -0.25) is 0 Å². The van der Waals surface area contributed by atoms with E-state index in [1.807, 2.05) is 13.8 Å².